The minimum absolute atomic E-state index is 0.0779. The molecule has 20 heavy (non-hydrogen) atoms. The lowest BCUT2D eigenvalue weighted by atomic mass is 10.3. The number of hydrogen-bond donors (Lipinski definition) is 2. The molecule has 8 heteroatoms. The summed E-state index contributed by atoms with van der Waals surface area (Å²) in [5.74, 6) is -2.78. The minimum atomic E-state index is -4.18. The Balaban J connectivity index is 2.72. The second-order valence-corrected chi connectivity index (χ2v) is 5.96. The predicted molar refractivity (Wildman–Crippen MR) is 71.6 cm³/mol. The highest BCUT2D eigenvalue weighted by Crippen LogP contribution is 2.20. The van der Waals surface area contributed by atoms with Crippen LogP contribution in [0.5, 0.6) is 0 Å². The number of anilines is 1. The molecule has 0 aliphatic rings. The summed E-state index contributed by atoms with van der Waals surface area (Å²) in [7, 11) is -4.18. The molecule has 3 N–H and O–H groups in total. The number of nitrogens with two attached hydrogens (primary N) is 1. The fourth-order valence-corrected chi connectivity index (χ4v) is 2.48. The highest BCUT2D eigenvalue weighted by atomic mass is 32.2. The molecule has 1 aromatic rings. The van der Waals surface area contributed by atoms with Crippen molar-refractivity contribution in [3.8, 4) is 0 Å². The number of hydrogen-bond acceptors (Lipinski definition) is 4. The standard InChI is InChI=1S/C12H16F2N2O3S/c1-8(2)7-19-4-3-16-20(17,18)11-6-9(15)5-10(13)12(11)14/h5-6,16H,1,3-4,7,15H2,2H3. The van der Waals surface area contributed by atoms with Gasteiger partial charge in [0.2, 0.25) is 10.0 Å². The maximum atomic E-state index is 13.5. The summed E-state index contributed by atoms with van der Waals surface area (Å²) in [6.45, 7) is 5.67. The van der Waals surface area contributed by atoms with Gasteiger partial charge in [0.25, 0.3) is 0 Å². The summed E-state index contributed by atoms with van der Waals surface area (Å²) in [6, 6.07) is 1.57. The monoisotopic (exact) mass is 306 g/mol. The largest absolute Gasteiger partial charge is 0.399 e. The Hall–Kier alpha value is -1.51. The van der Waals surface area contributed by atoms with Crippen molar-refractivity contribution < 1.29 is 21.9 Å². The lowest BCUT2D eigenvalue weighted by molar-refractivity contribution is 0.162. The molecule has 0 radical (unpaired) electrons. The molecule has 0 unspecified atom stereocenters. The second kappa shape index (κ2) is 6.78. The van der Waals surface area contributed by atoms with Crippen LogP contribution in [-0.4, -0.2) is 28.2 Å². The number of halogens is 2. The van der Waals surface area contributed by atoms with Crippen LogP contribution in [0.1, 0.15) is 6.92 Å². The van der Waals surface area contributed by atoms with Crippen molar-refractivity contribution in [2.45, 2.75) is 11.8 Å². The number of rotatable bonds is 7. The number of ether oxygens (including phenoxy) is 1. The van der Waals surface area contributed by atoms with E-state index in [-0.39, 0.29) is 18.8 Å². The van der Waals surface area contributed by atoms with E-state index < -0.39 is 26.6 Å². The Labute approximate surface area is 116 Å². The molecular weight excluding hydrogens is 290 g/mol. The lowest BCUT2D eigenvalue weighted by Gasteiger charge is -2.09. The maximum Gasteiger partial charge on any atom is 0.243 e. The topological polar surface area (TPSA) is 81.4 Å². The van der Waals surface area contributed by atoms with Gasteiger partial charge in [-0.15, -0.1) is 0 Å². The van der Waals surface area contributed by atoms with Crippen molar-refractivity contribution in [1.29, 1.82) is 0 Å². The van der Waals surface area contributed by atoms with E-state index in [9.17, 15) is 17.2 Å². The van der Waals surface area contributed by atoms with Crippen LogP contribution in [0.25, 0.3) is 0 Å². The van der Waals surface area contributed by atoms with Crippen LogP contribution in [0.15, 0.2) is 29.2 Å². The van der Waals surface area contributed by atoms with E-state index in [0.717, 1.165) is 11.6 Å². The van der Waals surface area contributed by atoms with Crippen molar-refractivity contribution in [2.24, 2.45) is 0 Å². The van der Waals surface area contributed by atoms with Crippen molar-refractivity contribution in [3.63, 3.8) is 0 Å². The van der Waals surface area contributed by atoms with E-state index in [1.54, 1.807) is 6.92 Å². The van der Waals surface area contributed by atoms with Crippen LogP contribution in [-0.2, 0) is 14.8 Å². The molecule has 1 aromatic carbocycles. The summed E-state index contributed by atoms with van der Waals surface area (Å²) in [5, 5.41) is 0. The van der Waals surface area contributed by atoms with Gasteiger partial charge in [0.1, 0.15) is 4.90 Å². The van der Waals surface area contributed by atoms with Gasteiger partial charge in [0, 0.05) is 12.2 Å². The highest BCUT2D eigenvalue weighted by Gasteiger charge is 2.22. The maximum absolute atomic E-state index is 13.5. The van der Waals surface area contributed by atoms with Gasteiger partial charge in [-0.3, -0.25) is 0 Å². The van der Waals surface area contributed by atoms with E-state index in [4.69, 9.17) is 10.5 Å². The van der Waals surface area contributed by atoms with Gasteiger partial charge >= 0.3 is 0 Å². The molecule has 0 saturated carbocycles. The van der Waals surface area contributed by atoms with Gasteiger partial charge in [0.05, 0.1) is 13.2 Å². The predicted octanol–water partition coefficient (Wildman–Crippen LogP) is 1.42. The van der Waals surface area contributed by atoms with E-state index in [1.165, 1.54) is 0 Å². The Morgan fingerprint density at radius 3 is 2.70 bits per heavy atom. The van der Waals surface area contributed by atoms with Gasteiger partial charge in [-0.25, -0.2) is 21.9 Å². The molecule has 0 bridgehead atoms. The molecule has 0 aliphatic heterocycles. The van der Waals surface area contributed by atoms with Gasteiger partial charge in [-0.2, -0.15) is 0 Å². The zero-order valence-electron chi connectivity index (χ0n) is 10.9. The highest BCUT2D eigenvalue weighted by molar-refractivity contribution is 7.89. The molecule has 0 saturated heterocycles. The zero-order chi connectivity index (χ0) is 15.3. The molecule has 0 fully saturated rings. The average molecular weight is 306 g/mol. The molecule has 5 nitrogen and oxygen atoms in total. The molecule has 0 amide bonds. The zero-order valence-corrected chi connectivity index (χ0v) is 11.8. The summed E-state index contributed by atoms with van der Waals surface area (Å²) < 4.78 is 57.4. The van der Waals surface area contributed by atoms with E-state index in [1.807, 2.05) is 0 Å². The number of nitrogens with one attached hydrogen (secondary N) is 1. The first kappa shape index (κ1) is 16.5. The van der Waals surface area contributed by atoms with Crippen LogP contribution in [0.4, 0.5) is 14.5 Å². The Morgan fingerprint density at radius 2 is 2.10 bits per heavy atom. The number of benzene rings is 1. The molecule has 0 atom stereocenters. The van der Waals surface area contributed by atoms with Crippen LogP contribution >= 0.6 is 0 Å². The Kier molecular flexibility index (Phi) is 5.61. The lowest BCUT2D eigenvalue weighted by Crippen LogP contribution is -2.28. The number of sulfonamides is 1. The molecule has 112 valence electrons. The van der Waals surface area contributed by atoms with Crippen molar-refractivity contribution >= 4 is 15.7 Å². The average Bonchev–Trinajstić information content (AvgIpc) is 2.32. The minimum Gasteiger partial charge on any atom is -0.399 e. The summed E-state index contributed by atoms with van der Waals surface area (Å²) in [5.41, 5.74) is 5.91. The third kappa shape index (κ3) is 4.55. The van der Waals surface area contributed by atoms with Crippen molar-refractivity contribution in [2.75, 3.05) is 25.5 Å². The van der Waals surface area contributed by atoms with Gasteiger partial charge in [-0.05, 0) is 19.1 Å². The van der Waals surface area contributed by atoms with Crippen LogP contribution < -0.4 is 10.5 Å². The van der Waals surface area contributed by atoms with E-state index in [2.05, 4.69) is 11.3 Å². The fraction of sp³-hybridized carbons (Fsp3) is 0.333. The smallest absolute Gasteiger partial charge is 0.243 e. The summed E-state index contributed by atoms with van der Waals surface area (Å²) in [4.78, 5) is -0.824. The van der Waals surface area contributed by atoms with Gasteiger partial charge < -0.3 is 10.5 Å². The van der Waals surface area contributed by atoms with Crippen molar-refractivity contribution in [3.05, 3.63) is 35.9 Å². The quantitative estimate of drug-likeness (QED) is 0.453. The first-order chi connectivity index (χ1) is 9.24. The fourth-order valence-electron chi connectivity index (χ4n) is 1.35. The third-order valence-electron chi connectivity index (χ3n) is 2.19. The van der Waals surface area contributed by atoms with E-state index >= 15 is 0 Å². The molecule has 0 aliphatic carbocycles. The van der Waals surface area contributed by atoms with Gasteiger partial charge in [0.15, 0.2) is 11.6 Å². The molecule has 1 rings (SSSR count). The second-order valence-electron chi connectivity index (χ2n) is 4.22. The first-order valence-electron chi connectivity index (χ1n) is 5.70. The SMILES string of the molecule is C=C(C)COCCNS(=O)(=O)c1cc(N)cc(F)c1F. The van der Waals surface area contributed by atoms with Crippen LogP contribution in [0.2, 0.25) is 0 Å². The molecule has 0 spiro atoms. The third-order valence-corrected chi connectivity index (χ3v) is 3.65. The molecule has 0 heterocycles. The Bertz CT molecular complexity index is 603. The van der Waals surface area contributed by atoms with Crippen LogP contribution in [0, 0.1) is 11.6 Å². The molecule has 0 aromatic heterocycles. The van der Waals surface area contributed by atoms with Crippen LogP contribution in [0.3, 0.4) is 0 Å². The Morgan fingerprint density at radius 1 is 1.45 bits per heavy atom. The summed E-state index contributed by atoms with van der Waals surface area (Å²) >= 11 is 0. The first-order valence-corrected chi connectivity index (χ1v) is 7.18. The van der Waals surface area contributed by atoms with E-state index in [0.29, 0.717) is 12.7 Å². The number of nitrogen functional groups attached to an aromatic ring is 1. The molecular formula is C12H16F2N2O3S. The van der Waals surface area contributed by atoms with Gasteiger partial charge in [-0.1, -0.05) is 12.2 Å². The summed E-state index contributed by atoms with van der Waals surface area (Å²) in [6.07, 6.45) is 0. The normalized spacial score (nSPS) is 11.6. The van der Waals surface area contributed by atoms with Crippen molar-refractivity contribution in [1.82, 2.24) is 4.72 Å².